The van der Waals surface area contributed by atoms with Gasteiger partial charge in [0.25, 0.3) is 5.91 Å². The number of carbonyl (C=O) groups is 1. The highest BCUT2D eigenvalue weighted by atomic mass is 16.6. The van der Waals surface area contributed by atoms with Crippen LogP contribution in [0.1, 0.15) is 41.7 Å². The number of aliphatic hydroxyl groups excluding tert-OH is 1. The summed E-state index contributed by atoms with van der Waals surface area (Å²) in [5, 5.41) is 21.1. The maximum absolute atomic E-state index is 13.4. The number of carbonyl (C=O) groups excluding carboxylic acids is 1. The Morgan fingerprint density at radius 2 is 1.78 bits per heavy atom. The van der Waals surface area contributed by atoms with E-state index in [1.165, 1.54) is 0 Å². The van der Waals surface area contributed by atoms with Gasteiger partial charge in [0, 0.05) is 46.7 Å². The second-order valence-corrected chi connectivity index (χ2v) is 10.3. The Balaban J connectivity index is 1.73. The van der Waals surface area contributed by atoms with Gasteiger partial charge in [-0.05, 0) is 26.1 Å². The number of aromatic nitrogens is 2. The van der Waals surface area contributed by atoms with E-state index in [2.05, 4.69) is 51.0 Å². The van der Waals surface area contributed by atoms with Crippen LogP contribution in [0.15, 0.2) is 48.5 Å². The fourth-order valence-corrected chi connectivity index (χ4v) is 7.38. The van der Waals surface area contributed by atoms with Gasteiger partial charge in [0.1, 0.15) is 12.3 Å². The topological polar surface area (TPSA) is 89.7 Å². The third-order valence-electron chi connectivity index (χ3n) is 8.65. The summed E-state index contributed by atoms with van der Waals surface area (Å²) in [5.41, 5.74) is 4.25. The largest absolute Gasteiger partial charge is 0.375 e. The lowest BCUT2D eigenvalue weighted by Crippen LogP contribution is -2.59. The van der Waals surface area contributed by atoms with Crippen LogP contribution in [0.3, 0.4) is 0 Å². The predicted molar refractivity (Wildman–Crippen MR) is 137 cm³/mol. The standard InChI is InChI=1S/C28H26N4O4/c1-28-25(35-3)15(29-2)12-18(36-28)31-16-10-6-4-8-13(16)19-21-22(27(34)30-26(21)33)20-14-9-5-7-11-17(14)32(28)24(20)23(19)31/h4-11,15,18,25,27,29,34H,12H2,1-3H3,(H,30,33)/t15-,18-,25-,27?,28+/m0/s1. The van der Waals surface area contributed by atoms with Gasteiger partial charge < -0.3 is 34.3 Å². The zero-order valence-electron chi connectivity index (χ0n) is 20.2. The minimum absolute atomic E-state index is 0.0289. The van der Waals surface area contributed by atoms with E-state index in [0.717, 1.165) is 43.6 Å². The fraction of sp³-hybridized carbons (Fsp3) is 0.321. The van der Waals surface area contributed by atoms with Crippen LogP contribution < -0.4 is 10.6 Å². The Kier molecular flexibility index (Phi) is 3.83. The van der Waals surface area contributed by atoms with E-state index in [-0.39, 0.29) is 24.3 Å². The Bertz CT molecular complexity index is 1790. The number of fused-ring (bicyclic) bond motifs is 13. The molecule has 8 nitrogen and oxygen atoms in total. The Morgan fingerprint density at radius 3 is 2.50 bits per heavy atom. The highest BCUT2D eigenvalue weighted by Crippen LogP contribution is 2.54. The SMILES string of the molecule is CN[C@H]1C[C@@H]2O[C@](C)([C@H]1OC)n1c3ccccc3c3c4c(c5c6ccccc6n2c5c31)C(=O)NC4O. The fourth-order valence-electron chi connectivity index (χ4n) is 7.38. The first kappa shape index (κ1) is 20.7. The van der Waals surface area contributed by atoms with E-state index in [1.54, 1.807) is 7.11 Å². The second kappa shape index (κ2) is 6.66. The third-order valence-corrected chi connectivity index (χ3v) is 8.65. The van der Waals surface area contributed by atoms with Crippen molar-refractivity contribution in [2.45, 2.75) is 43.7 Å². The van der Waals surface area contributed by atoms with Gasteiger partial charge in [0.15, 0.2) is 12.0 Å². The molecule has 0 aliphatic carbocycles. The van der Waals surface area contributed by atoms with Crippen molar-refractivity contribution in [2.75, 3.05) is 14.2 Å². The highest BCUT2D eigenvalue weighted by molar-refractivity contribution is 6.31. The number of nitrogens with one attached hydrogen (secondary N) is 2. The molecular weight excluding hydrogens is 456 g/mol. The first-order valence-electron chi connectivity index (χ1n) is 12.4. The molecule has 3 N–H and O–H groups in total. The summed E-state index contributed by atoms with van der Waals surface area (Å²) in [7, 11) is 3.70. The number of aliphatic hydroxyl groups is 1. The molecule has 0 saturated carbocycles. The van der Waals surface area contributed by atoms with E-state index >= 15 is 0 Å². The number of likely N-dealkylation sites (N-methyl/N-ethyl adjacent to an activating group) is 1. The van der Waals surface area contributed by atoms with Gasteiger partial charge in [0.05, 0.1) is 27.6 Å². The van der Waals surface area contributed by atoms with Crippen LogP contribution >= 0.6 is 0 Å². The van der Waals surface area contributed by atoms with Gasteiger partial charge in [-0.1, -0.05) is 36.4 Å². The molecule has 8 rings (SSSR count). The quantitative estimate of drug-likeness (QED) is 0.356. The number of hydrogen-bond donors (Lipinski definition) is 3. The number of ether oxygens (including phenoxy) is 2. The van der Waals surface area contributed by atoms with Gasteiger partial charge in [0.2, 0.25) is 0 Å². The molecular formula is C28H26N4O4. The Labute approximate surface area is 206 Å². The molecule has 5 atom stereocenters. The van der Waals surface area contributed by atoms with E-state index < -0.39 is 12.0 Å². The maximum atomic E-state index is 13.4. The van der Waals surface area contributed by atoms with Crippen molar-refractivity contribution in [1.82, 2.24) is 19.8 Å². The highest BCUT2D eigenvalue weighted by Gasteiger charge is 2.53. The van der Waals surface area contributed by atoms with Gasteiger partial charge >= 0.3 is 0 Å². The number of amides is 1. The van der Waals surface area contributed by atoms with Crippen LogP contribution in [0.5, 0.6) is 0 Å². The van der Waals surface area contributed by atoms with Crippen molar-refractivity contribution in [2.24, 2.45) is 0 Å². The van der Waals surface area contributed by atoms with Crippen molar-refractivity contribution in [3.05, 3.63) is 59.7 Å². The van der Waals surface area contributed by atoms with Crippen LogP contribution in [0, 0.1) is 0 Å². The van der Waals surface area contributed by atoms with Crippen LogP contribution in [-0.2, 0) is 15.2 Å². The molecule has 1 fully saturated rings. The molecule has 2 aromatic heterocycles. The number of methoxy groups -OCH3 is 1. The summed E-state index contributed by atoms with van der Waals surface area (Å²) in [6.45, 7) is 2.09. The van der Waals surface area contributed by atoms with Gasteiger partial charge in [-0.3, -0.25) is 4.79 Å². The molecule has 0 spiro atoms. The average molecular weight is 483 g/mol. The van der Waals surface area contributed by atoms with Crippen molar-refractivity contribution in [3.63, 3.8) is 0 Å². The lowest BCUT2D eigenvalue weighted by Gasteiger charge is -2.48. The normalized spacial score (nSPS) is 28.9. The summed E-state index contributed by atoms with van der Waals surface area (Å²) in [6, 6.07) is 16.4. The molecule has 5 heterocycles. The number of benzene rings is 3. The summed E-state index contributed by atoms with van der Waals surface area (Å²) >= 11 is 0. The van der Waals surface area contributed by atoms with Crippen LogP contribution in [0.25, 0.3) is 43.6 Å². The number of nitrogens with zero attached hydrogens (tertiary/aromatic N) is 2. The van der Waals surface area contributed by atoms with Crippen molar-refractivity contribution in [1.29, 1.82) is 0 Å². The van der Waals surface area contributed by atoms with Crippen LogP contribution in [0.4, 0.5) is 0 Å². The van der Waals surface area contributed by atoms with E-state index in [0.29, 0.717) is 17.5 Å². The minimum Gasteiger partial charge on any atom is -0.375 e. The van der Waals surface area contributed by atoms with Crippen molar-refractivity contribution >= 4 is 49.5 Å². The van der Waals surface area contributed by atoms with E-state index in [9.17, 15) is 9.90 Å². The molecule has 1 unspecified atom stereocenters. The van der Waals surface area contributed by atoms with Crippen LogP contribution in [-0.4, -0.2) is 46.5 Å². The maximum Gasteiger partial charge on any atom is 0.254 e. The second-order valence-electron chi connectivity index (χ2n) is 10.3. The predicted octanol–water partition coefficient (Wildman–Crippen LogP) is 3.84. The molecule has 2 bridgehead atoms. The summed E-state index contributed by atoms with van der Waals surface area (Å²) in [6.07, 6.45) is -0.941. The summed E-state index contributed by atoms with van der Waals surface area (Å²) in [4.78, 5) is 13.4. The molecule has 5 aromatic rings. The lowest BCUT2D eigenvalue weighted by molar-refractivity contribution is -0.256. The first-order chi connectivity index (χ1) is 17.5. The molecule has 36 heavy (non-hydrogen) atoms. The first-order valence-corrected chi connectivity index (χ1v) is 12.4. The van der Waals surface area contributed by atoms with E-state index in [1.807, 2.05) is 31.3 Å². The average Bonchev–Trinajstić information content (AvgIpc) is 3.48. The Hall–Kier alpha value is -3.43. The monoisotopic (exact) mass is 482 g/mol. The molecule has 3 aromatic carbocycles. The molecule has 3 aliphatic rings. The zero-order valence-corrected chi connectivity index (χ0v) is 20.2. The Morgan fingerprint density at radius 1 is 1.08 bits per heavy atom. The van der Waals surface area contributed by atoms with Gasteiger partial charge in [-0.15, -0.1) is 0 Å². The molecule has 8 heteroatoms. The van der Waals surface area contributed by atoms with Gasteiger partial charge in [-0.2, -0.15) is 0 Å². The minimum atomic E-state index is -1.09. The summed E-state index contributed by atoms with van der Waals surface area (Å²) < 4.78 is 17.7. The molecule has 182 valence electrons. The van der Waals surface area contributed by atoms with E-state index in [4.69, 9.17) is 9.47 Å². The molecule has 1 saturated heterocycles. The van der Waals surface area contributed by atoms with Gasteiger partial charge in [-0.25, -0.2) is 0 Å². The molecule has 3 aliphatic heterocycles. The van der Waals surface area contributed by atoms with Crippen LogP contribution in [0.2, 0.25) is 0 Å². The lowest BCUT2D eigenvalue weighted by atomic mass is 9.93. The third kappa shape index (κ3) is 2.15. The number of para-hydroxylation sites is 2. The zero-order chi connectivity index (χ0) is 24.5. The smallest absolute Gasteiger partial charge is 0.254 e. The molecule has 0 radical (unpaired) electrons. The number of rotatable bonds is 2. The summed E-state index contributed by atoms with van der Waals surface area (Å²) in [5.74, 6) is -0.249. The van der Waals surface area contributed by atoms with Crippen molar-refractivity contribution in [3.8, 4) is 0 Å². The number of hydrogen-bond acceptors (Lipinski definition) is 5. The molecule has 1 amide bonds. The van der Waals surface area contributed by atoms with Crippen molar-refractivity contribution < 1.29 is 19.4 Å².